The van der Waals surface area contributed by atoms with Crippen LogP contribution >= 0.6 is 0 Å². The second kappa shape index (κ2) is 5.10. The number of likely N-dealkylation sites (tertiary alicyclic amines) is 1. The van der Waals surface area contributed by atoms with Crippen LogP contribution in [0, 0.1) is 0 Å². The molecule has 1 N–H and O–H groups in total. The molecule has 1 aromatic heterocycles. The van der Waals surface area contributed by atoms with Crippen LogP contribution in [0.3, 0.4) is 0 Å². The molecular formula is C13H20N4O. The molecule has 0 saturated carbocycles. The van der Waals surface area contributed by atoms with Gasteiger partial charge >= 0.3 is 0 Å². The largest absolute Gasteiger partial charge is 0.341 e. The van der Waals surface area contributed by atoms with Gasteiger partial charge in [-0.25, -0.2) is 4.98 Å². The lowest BCUT2D eigenvalue weighted by molar-refractivity contribution is -0.131. The number of nitrogens with one attached hydrogen (secondary N) is 1. The highest BCUT2D eigenvalue weighted by Gasteiger charge is 2.30. The quantitative estimate of drug-likeness (QED) is 0.853. The summed E-state index contributed by atoms with van der Waals surface area (Å²) in [4.78, 5) is 18.2. The number of aryl methyl sites for hydroxylation is 1. The summed E-state index contributed by atoms with van der Waals surface area (Å²) in [5.41, 5.74) is 0. The fraction of sp³-hybridized carbons (Fsp3) is 0.692. The monoisotopic (exact) mass is 248 g/mol. The molecule has 0 aliphatic carbocycles. The Balaban J connectivity index is 1.52. The third kappa shape index (κ3) is 2.56. The summed E-state index contributed by atoms with van der Waals surface area (Å²) < 4.78 is 1.96. The number of fused-ring (bicyclic) bond motifs is 2. The molecule has 0 spiro atoms. The Hall–Kier alpha value is -1.36. The lowest BCUT2D eigenvalue weighted by Crippen LogP contribution is -2.39. The number of amides is 1. The molecular weight excluding hydrogens is 228 g/mol. The zero-order valence-electron chi connectivity index (χ0n) is 10.6. The number of rotatable bonds is 3. The van der Waals surface area contributed by atoms with Gasteiger partial charge in [-0.2, -0.15) is 0 Å². The third-order valence-corrected chi connectivity index (χ3v) is 4.02. The molecule has 2 bridgehead atoms. The van der Waals surface area contributed by atoms with Crippen LogP contribution in [0.25, 0.3) is 0 Å². The molecule has 0 aromatic carbocycles. The molecule has 18 heavy (non-hydrogen) atoms. The normalized spacial score (nSPS) is 27.2. The van der Waals surface area contributed by atoms with Crippen molar-refractivity contribution in [3.63, 3.8) is 0 Å². The molecule has 98 valence electrons. The average molecular weight is 248 g/mol. The van der Waals surface area contributed by atoms with E-state index in [1.165, 1.54) is 12.8 Å². The van der Waals surface area contributed by atoms with E-state index in [-0.39, 0.29) is 5.91 Å². The second-order valence-corrected chi connectivity index (χ2v) is 5.32. The van der Waals surface area contributed by atoms with Gasteiger partial charge in [0.15, 0.2) is 0 Å². The molecule has 2 atom stereocenters. The van der Waals surface area contributed by atoms with Gasteiger partial charge in [0, 0.05) is 50.5 Å². The fourth-order valence-electron chi connectivity index (χ4n) is 2.97. The van der Waals surface area contributed by atoms with Crippen LogP contribution in [0.4, 0.5) is 0 Å². The van der Waals surface area contributed by atoms with Gasteiger partial charge in [-0.1, -0.05) is 0 Å². The van der Waals surface area contributed by atoms with Crippen LogP contribution in [0.15, 0.2) is 18.7 Å². The van der Waals surface area contributed by atoms with Crippen LogP contribution in [0.2, 0.25) is 0 Å². The van der Waals surface area contributed by atoms with Crippen molar-refractivity contribution in [3.8, 4) is 0 Å². The number of aromatic nitrogens is 2. The predicted molar refractivity (Wildman–Crippen MR) is 68.0 cm³/mol. The summed E-state index contributed by atoms with van der Waals surface area (Å²) >= 11 is 0. The second-order valence-electron chi connectivity index (χ2n) is 5.32. The molecule has 3 rings (SSSR count). The first-order chi connectivity index (χ1) is 8.81. The number of carbonyl (C=O) groups is 1. The average Bonchev–Trinajstić information content (AvgIpc) is 2.96. The van der Waals surface area contributed by atoms with Gasteiger partial charge in [0.05, 0.1) is 6.33 Å². The molecule has 1 aromatic rings. The van der Waals surface area contributed by atoms with Gasteiger partial charge in [0.25, 0.3) is 0 Å². The molecule has 3 heterocycles. The Morgan fingerprint density at radius 2 is 2.22 bits per heavy atom. The van der Waals surface area contributed by atoms with Crippen molar-refractivity contribution in [1.29, 1.82) is 0 Å². The lowest BCUT2D eigenvalue weighted by Gasteiger charge is -2.24. The topological polar surface area (TPSA) is 50.2 Å². The van der Waals surface area contributed by atoms with E-state index >= 15 is 0 Å². The van der Waals surface area contributed by atoms with E-state index in [4.69, 9.17) is 0 Å². The zero-order chi connectivity index (χ0) is 12.4. The van der Waals surface area contributed by atoms with Crippen molar-refractivity contribution in [2.24, 2.45) is 0 Å². The van der Waals surface area contributed by atoms with Gasteiger partial charge in [-0.3, -0.25) is 4.79 Å². The molecule has 5 nitrogen and oxygen atoms in total. The number of nitrogens with zero attached hydrogens (tertiary/aromatic N) is 3. The van der Waals surface area contributed by atoms with Gasteiger partial charge < -0.3 is 14.8 Å². The predicted octanol–water partition coefficient (Wildman–Crippen LogP) is 0.626. The standard InChI is InChI=1S/C13H20N4O/c18-13(4-6-16-8-5-14-10-16)17-7-3-11-1-2-12(9-17)15-11/h5,8,10-12,15H,1-4,6-7,9H2. The summed E-state index contributed by atoms with van der Waals surface area (Å²) in [6, 6.07) is 1.16. The van der Waals surface area contributed by atoms with E-state index in [1.54, 1.807) is 12.5 Å². The molecule has 5 heteroatoms. The number of hydrogen-bond acceptors (Lipinski definition) is 3. The van der Waals surface area contributed by atoms with Crippen molar-refractivity contribution < 1.29 is 4.79 Å². The maximum atomic E-state index is 12.2. The van der Waals surface area contributed by atoms with Crippen molar-refractivity contribution >= 4 is 5.91 Å². The maximum Gasteiger partial charge on any atom is 0.224 e. The van der Waals surface area contributed by atoms with E-state index in [1.807, 2.05) is 15.7 Å². The molecule has 0 radical (unpaired) electrons. The molecule has 1 amide bonds. The van der Waals surface area contributed by atoms with Crippen LogP contribution in [0.5, 0.6) is 0 Å². The van der Waals surface area contributed by atoms with Crippen LogP contribution < -0.4 is 5.32 Å². The minimum Gasteiger partial charge on any atom is -0.341 e. The van der Waals surface area contributed by atoms with Gasteiger partial charge in [-0.05, 0) is 19.3 Å². The summed E-state index contributed by atoms with van der Waals surface area (Å²) in [5, 5.41) is 3.60. The van der Waals surface area contributed by atoms with Crippen molar-refractivity contribution in [2.45, 2.75) is 44.3 Å². The SMILES string of the molecule is O=C(CCn1ccnc1)N1CCC2CCC(C1)N2. The van der Waals surface area contributed by atoms with E-state index in [2.05, 4.69) is 10.3 Å². The Kier molecular flexibility index (Phi) is 3.32. The number of hydrogen-bond donors (Lipinski definition) is 1. The van der Waals surface area contributed by atoms with E-state index in [9.17, 15) is 4.79 Å². The minimum atomic E-state index is 0.276. The first-order valence-corrected chi connectivity index (χ1v) is 6.81. The van der Waals surface area contributed by atoms with Crippen molar-refractivity contribution in [2.75, 3.05) is 13.1 Å². The molecule has 2 aliphatic rings. The lowest BCUT2D eigenvalue weighted by atomic mass is 10.1. The van der Waals surface area contributed by atoms with E-state index in [0.717, 1.165) is 26.1 Å². The van der Waals surface area contributed by atoms with Crippen LogP contribution in [-0.2, 0) is 11.3 Å². The zero-order valence-corrected chi connectivity index (χ0v) is 10.6. The van der Waals surface area contributed by atoms with Gasteiger partial charge in [0.2, 0.25) is 5.91 Å². The number of carbonyl (C=O) groups excluding carboxylic acids is 1. The minimum absolute atomic E-state index is 0.276. The summed E-state index contributed by atoms with van der Waals surface area (Å²) in [7, 11) is 0. The summed E-state index contributed by atoms with van der Waals surface area (Å²) in [5.74, 6) is 0.276. The van der Waals surface area contributed by atoms with Gasteiger partial charge in [-0.15, -0.1) is 0 Å². The van der Waals surface area contributed by atoms with Crippen molar-refractivity contribution in [1.82, 2.24) is 19.8 Å². The number of imidazole rings is 1. The maximum absolute atomic E-state index is 12.2. The Bertz CT molecular complexity index is 403. The molecule has 2 unspecified atom stereocenters. The first-order valence-electron chi connectivity index (χ1n) is 6.81. The highest BCUT2D eigenvalue weighted by atomic mass is 16.2. The summed E-state index contributed by atoms with van der Waals surface area (Å²) in [6.07, 6.45) is 9.59. The molecule has 2 saturated heterocycles. The Labute approximate surface area is 107 Å². The highest BCUT2D eigenvalue weighted by molar-refractivity contribution is 5.76. The fourth-order valence-corrected chi connectivity index (χ4v) is 2.97. The van der Waals surface area contributed by atoms with Gasteiger partial charge in [0.1, 0.15) is 0 Å². The highest BCUT2D eigenvalue weighted by Crippen LogP contribution is 2.20. The Morgan fingerprint density at radius 3 is 3.06 bits per heavy atom. The Morgan fingerprint density at radius 1 is 1.33 bits per heavy atom. The van der Waals surface area contributed by atoms with E-state index in [0.29, 0.717) is 18.5 Å². The first kappa shape index (κ1) is 11.7. The molecule has 2 fully saturated rings. The van der Waals surface area contributed by atoms with E-state index < -0.39 is 0 Å². The third-order valence-electron chi connectivity index (χ3n) is 4.02. The smallest absolute Gasteiger partial charge is 0.224 e. The van der Waals surface area contributed by atoms with Crippen LogP contribution in [0.1, 0.15) is 25.7 Å². The molecule has 2 aliphatic heterocycles. The van der Waals surface area contributed by atoms with Crippen LogP contribution in [-0.4, -0.2) is 45.5 Å². The van der Waals surface area contributed by atoms with Crippen molar-refractivity contribution in [3.05, 3.63) is 18.7 Å². The summed E-state index contributed by atoms with van der Waals surface area (Å²) in [6.45, 7) is 2.53.